The van der Waals surface area contributed by atoms with Crippen LogP contribution in [0.4, 0.5) is 0 Å². The van der Waals surface area contributed by atoms with Gasteiger partial charge in [0, 0.05) is 103 Å². The van der Waals surface area contributed by atoms with Crippen LogP contribution in [0.15, 0.2) is 395 Å². The Morgan fingerprint density at radius 1 is 0.226 bits per heavy atom. The van der Waals surface area contributed by atoms with E-state index in [0.717, 1.165) is 208 Å². The van der Waals surface area contributed by atoms with Gasteiger partial charge in [-0.1, -0.05) is 267 Å². The summed E-state index contributed by atoms with van der Waals surface area (Å²) in [6, 6.07) is 134. The fourth-order valence-corrected chi connectivity index (χ4v) is 20.1. The van der Waals surface area contributed by atoms with Crippen LogP contribution in [0.3, 0.4) is 0 Å². The van der Waals surface area contributed by atoms with Gasteiger partial charge in [-0.3, -0.25) is 0 Å². The van der Waals surface area contributed by atoms with Gasteiger partial charge in [0.15, 0.2) is 5.82 Å². The molecule has 7 heterocycles. The minimum atomic E-state index is 0.674. The van der Waals surface area contributed by atoms with Crippen LogP contribution in [-0.4, -0.2) is 23.7 Å². The van der Waals surface area contributed by atoms with Gasteiger partial charge in [-0.2, -0.15) is 0 Å². The lowest BCUT2D eigenvalue weighted by Crippen LogP contribution is -2.30. The molecule has 580 valence electrons. The van der Waals surface area contributed by atoms with Gasteiger partial charge in [0.2, 0.25) is 0 Å². The Labute approximate surface area is 711 Å². The molecule has 24 aromatic rings. The van der Waals surface area contributed by atoms with Crippen molar-refractivity contribution in [2.75, 3.05) is 0 Å². The Kier molecular flexibility index (Phi) is 15.6. The molecule has 124 heavy (non-hydrogen) atoms. The Morgan fingerprint density at radius 3 is 1.10 bits per heavy atom. The third kappa shape index (κ3) is 11.3. The van der Waals surface area contributed by atoms with Crippen LogP contribution in [0, 0.1) is 0 Å². The van der Waals surface area contributed by atoms with Crippen LogP contribution in [0.25, 0.3) is 255 Å². The molecule has 8 heteroatoms. The van der Waals surface area contributed by atoms with Crippen molar-refractivity contribution < 1.29 is 13.3 Å². The average molecular weight is 1580 g/mol. The highest BCUT2D eigenvalue weighted by molar-refractivity contribution is 6.14. The normalized spacial score (nSPS) is 13.1. The summed E-state index contributed by atoms with van der Waals surface area (Å²) in [5.41, 5.74) is 34.5. The second kappa shape index (κ2) is 27.7. The highest BCUT2D eigenvalue weighted by atomic mass is 16.3. The Morgan fingerprint density at radius 2 is 0.589 bits per heavy atom. The van der Waals surface area contributed by atoms with Crippen molar-refractivity contribution in [1.29, 1.82) is 0 Å². The number of hydrogen-bond acceptors (Lipinski definition) is 5. The fraction of sp³-hybridized carbons (Fsp3) is 0.0345. The van der Waals surface area contributed by atoms with Gasteiger partial charge in [-0.15, -0.1) is 0 Å². The smallest absolute Gasteiger partial charge is 0.160 e. The predicted octanol–water partition coefficient (Wildman–Crippen LogP) is 29.9. The van der Waals surface area contributed by atoms with Crippen molar-refractivity contribution in [3.8, 4) is 101 Å². The van der Waals surface area contributed by atoms with E-state index < -0.39 is 0 Å². The molecule has 26 rings (SSSR count). The molecule has 0 unspecified atom stereocenters. The summed E-state index contributed by atoms with van der Waals surface area (Å²) in [7, 11) is 0. The number of furan rings is 3. The zero-order valence-electron chi connectivity index (χ0n) is 67.3. The number of fused-ring (bicyclic) bond motifs is 19. The fourth-order valence-electron chi connectivity index (χ4n) is 20.1. The van der Waals surface area contributed by atoms with E-state index in [1.807, 2.05) is 36.4 Å². The lowest BCUT2D eigenvalue weighted by molar-refractivity contribution is 0.668. The van der Waals surface area contributed by atoms with Crippen LogP contribution < -0.4 is 10.6 Å². The maximum atomic E-state index is 6.38. The van der Waals surface area contributed by atoms with Gasteiger partial charge < -0.3 is 27.0 Å². The molecule has 0 amide bonds. The third-order valence-corrected chi connectivity index (χ3v) is 26.3. The summed E-state index contributed by atoms with van der Waals surface area (Å²) in [5.74, 6) is 0.674. The largest absolute Gasteiger partial charge is 0.456 e. The molecular weight excluding hydrogens is 1510 g/mol. The zero-order valence-corrected chi connectivity index (χ0v) is 67.3. The van der Waals surface area contributed by atoms with Crippen molar-refractivity contribution in [2.45, 2.75) is 25.7 Å². The summed E-state index contributed by atoms with van der Waals surface area (Å²) in [6.45, 7) is 0. The molecule has 0 bridgehead atoms. The molecule has 0 spiro atoms. The summed E-state index contributed by atoms with van der Waals surface area (Å²) in [6.07, 6.45) is 13.3. The van der Waals surface area contributed by atoms with E-state index in [1.165, 1.54) is 70.9 Å². The van der Waals surface area contributed by atoms with E-state index in [1.54, 1.807) is 0 Å². The van der Waals surface area contributed by atoms with E-state index >= 15 is 0 Å². The van der Waals surface area contributed by atoms with Crippen molar-refractivity contribution in [3.63, 3.8) is 0 Å². The van der Waals surface area contributed by atoms with Crippen LogP contribution in [0.2, 0.25) is 0 Å². The SMILES string of the molecule is C1=C(c2ccc(-c3nc(-c4ccc(-c5ccc(-n6c7ccccc7c7ccc(-c8ccc9c(c8)oc8ccccc89)cc76)cc5)cc4)c4cc(-c5ccc(-c6ccc(-n7c8c(c9ccc(-c%10ccc%11c(c%10)oc%10ccccc%10%11)cc97)=CCCC=8)cc6)cc5)ccc4n3)cc2)CCC(n2c3ccccc3c3ccc(-c4ccc5c(c4)oc4ccccc45)cc32)=C1. The molecular formula is C116H73N5O3. The molecule has 7 aromatic heterocycles. The first kappa shape index (κ1) is 69.8. The lowest BCUT2D eigenvalue weighted by atomic mass is 9.94. The van der Waals surface area contributed by atoms with E-state index in [4.69, 9.17) is 23.2 Å². The highest BCUT2D eigenvalue weighted by Gasteiger charge is 2.23. The average Bonchev–Trinajstić information content (AvgIpc) is 1.64. The molecule has 2 aliphatic carbocycles. The van der Waals surface area contributed by atoms with Crippen LogP contribution in [-0.2, 0) is 0 Å². The van der Waals surface area contributed by atoms with Gasteiger partial charge >= 0.3 is 0 Å². The number of allylic oxidation sites excluding steroid dienone is 4. The van der Waals surface area contributed by atoms with E-state index in [2.05, 4.69) is 372 Å². The number of aromatic nitrogens is 5. The maximum absolute atomic E-state index is 6.38. The van der Waals surface area contributed by atoms with Crippen molar-refractivity contribution in [1.82, 2.24) is 23.7 Å². The number of para-hydroxylation sites is 5. The number of benzene rings is 17. The van der Waals surface area contributed by atoms with Gasteiger partial charge in [-0.25, -0.2) is 9.97 Å². The van der Waals surface area contributed by atoms with E-state index in [-0.39, 0.29) is 0 Å². The van der Waals surface area contributed by atoms with E-state index in [9.17, 15) is 0 Å². The monoisotopic (exact) mass is 1580 g/mol. The molecule has 0 atom stereocenters. The first-order chi connectivity index (χ1) is 61.4. The Balaban J connectivity index is 0.523. The van der Waals surface area contributed by atoms with E-state index in [0.29, 0.717) is 5.82 Å². The van der Waals surface area contributed by atoms with Crippen LogP contribution >= 0.6 is 0 Å². The van der Waals surface area contributed by atoms with Gasteiger partial charge in [0.1, 0.15) is 33.5 Å². The lowest BCUT2D eigenvalue weighted by Gasteiger charge is -2.18. The van der Waals surface area contributed by atoms with Crippen LogP contribution in [0.1, 0.15) is 31.2 Å². The van der Waals surface area contributed by atoms with Crippen molar-refractivity contribution >= 4 is 155 Å². The molecule has 8 nitrogen and oxygen atoms in total. The van der Waals surface area contributed by atoms with Gasteiger partial charge in [0.25, 0.3) is 0 Å². The molecule has 0 N–H and O–H groups in total. The summed E-state index contributed by atoms with van der Waals surface area (Å²) < 4.78 is 26.4. The van der Waals surface area contributed by atoms with Crippen LogP contribution in [0.5, 0.6) is 0 Å². The number of nitrogens with zero attached hydrogens (tertiary/aromatic N) is 5. The molecule has 0 fully saturated rings. The molecule has 2 aliphatic rings. The second-order valence-corrected chi connectivity index (χ2v) is 33.3. The predicted molar refractivity (Wildman–Crippen MR) is 514 cm³/mol. The minimum absolute atomic E-state index is 0.674. The van der Waals surface area contributed by atoms with Crippen molar-refractivity contribution in [3.05, 3.63) is 398 Å². The first-order valence-electron chi connectivity index (χ1n) is 42.8. The van der Waals surface area contributed by atoms with Gasteiger partial charge in [0.05, 0.1) is 38.8 Å². The summed E-state index contributed by atoms with van der Waals surface area (Å²) in [5, 5.41) is 16.5. The molecule has 0 saturated heterocycles. The molecule has 0 aliphatic heterocycles. The topological polar surface area (TPSA) is 80.0 Å². The van der Waals surface area contributed by atoms with Gasteiger partial charge in [-0.05, 0) is 231 Å². The second-order valence-electron chi connectivity index (χ2n) is 33.3. The quantitative estimate of drug-likeness (QED) is 0.122. The highest BCUT2D eigenvalue weighted by Crippen LogP contribution is 2.45. The summed E-state index contributed by atoms with van der Waals surface area (Å²) >= 11 is 0. The molecule has 0 saturated carbocycles. The standard InChI is InChI=1S/C116H73N5O3/c1-7-19-103-89(13-1)92-56-43-80(83-46-59-98-95-16-4-10-22-109(95)122-112(98)67-83)64-106(92)119(103)86-50-37-73(38-51-86)70-25-27-76(28-26-70)79-49-62-102-101(63-79)115(77-33-29-71(30-34-77)74-39-52-87(53-40-74)120-104-20-8-2-14-90(104)93-57-44-81(65-107(93)120)84-47-60-99-96-17-5-11-23-110(96)123-113(99)68-84)118-116(117-102)78-35-31-72(32-36-78)75-41-54-88(55-42-75)121-105-21-9-3-15-91(105)94-58-45-82(66-108(94)121)85-48-61-100-97-18-6-12-24-111(97)124-114(100)69-85/h2-6,8-41,43-54,56-69H,1,7,42,55H2. The molecule has 17 aromatic carbocycles. The number of rotatable bonds is 12. The number of hydrogen-bond donors (Lipinski definition) is 0. The Hall–Kier alpha value is -16.2. The Bertz CT molecular complexity index is 8830. The summed E-state index contributed by atoms with van der Waals surface area (Å²) in [4.78, 5) is 11.0. The minimum Gasteiger partial charge on any atom is -0.456 e. The maximum Gasteiger partial charge on any atom is 0.160 e. The molecule has 0 radical (unpaired) electrons. The first-order valence-corrected chi connectivity index (χ1v) is 42.8. The zero-order chi connectivity index (χ0) is 81.2. The third-order valence-electron chi connectivity index (χ3n) is 26.3. The van der Waals surface area contributed by atoms with Crippen molar-refractivity contribution in [2.24, 2.45) is 0 Å².